The van der Waals surface area contributed by atoms with Crippen molar-refractivity contribution in [3.05, 3.63) is 161 Å². The van der Waals surface area contributed by atoms with Gasteiger partial charge in [0.1, 0.15) is 17.2 Å². The minimum absolute atomic E-state index is 0.109. The van der Waals surface area contributed by atoms with Crippen LogP contribution in [0.3, 0.4) is 0 Å². The van der Waals surface area contributed by atoms with Gasteiger partial charge < -0.3 is 23.9 Å². The molecule has 1 saturated heterocycles. The highest BCUT2D eigenvalue weighted by molar-refractivity contribution is 7.88. The number of hydrogen-bond acceptors (Lipinski definition) is 7. The van der Waals surface area contributed by atoms with Crippen molar-refractivity contribution in [2.75, 3.05) is 31.6 Å². The van der Waals surface area contributed by atoms with Crippen molar-refractivity contribution in [3.63, 3.8) is 0 Å². The van der Waals surface area contributed by atoms with Crippen molar-refractivity contribution in [2.24, 2.45) is 0 Å². The highest BCUT2D eigenvalue weighted by Gasteiger charge is 2.49. The zero-order valence-electron chi connectivity index (χ0n) is 31.4. The lowest BCUT2D eigenvalue weighted by Gasteiger charge is -2.40. The number of ether oxygens (including phenoxy) is 2. The first-order valence-corrected chi connectivity index (χ1v) is 20.1. The van der Waals surface area contributed by atoms with Crippen LogP contribution < -0.4 is 23.9 Å². The lowest BCUT2D eigenvalue weighted by molar-refractivity contribution is -0.0500. The Hall–Kier alpha value is -5.78. The van der Waals surface area contributed by atoms with Crippen LogP contribution in [0.15, 0.2) is 127 Å². The largest absolute Gasteiger partial charge is 0.534 e. The number of nitrogens with zero attached hydrogens (tertiary/aromatic N) is 1. The molecule has 11 heteroatoms. The van der Waals surface area contributed by atoms with Crippen LogP contribution in [0.5, 0.6) is 17.2 Å². The maximum Gasteiger partial charge on any atom is 0.534 e. The smallest absolute Gasteiger partial charge is 0.497 e. The summed E-state index contributed by atoms with van der Waals surface area (Å²) in [6, 6.07) is 38.7. The van der Waals surface area contributed by atoms with Crippen LogP contribution in [0.4, 0.5) is 18.9 Å². The van der Waals surface area contributed by atoms with Crippen LogP contribution in [-0.2, 0) is 21.1 Å². The normalized spacial score (nSPS) is 19.7. The van der Waals surface area contributed by atoms with Crippen molar-refractivity contribution >= 4 is 32.7 Å². The minimum Gasteiger partial charge on any atom is -0.497 e. The summed E-state index contributed by atoms with van der Waals surface area (Å²) in [7, 11) is -4.25. The molecule has 0 aromatic heterocycles. The Morgan fingerprint density at radius 2 is 1.51 bits per heavy atom. The van der Waals surface area contributed by atoms with Gasteiger partial charge in [-0.2, -0.15) is 21.6 Å². The third-order valence-corrected chi connectivity index (χ3v) is 12.6. The molecule has 2 atom stereocenters. The van der Waals surface area contributed by atoms with E-state index < -0.39 is 32.4 Å². The third-order valence-electron chi connectivity index (χ3n) is 11.6. The second-order valence-corrected chi connectivity index (χ2v) is 16.7. The highest BCUT2D eigenvalue weighted by atomic mass is 32.2. The summed E-state index contributed by atoms with van der Waals surface area (Å²) in [4.78, 5) is 2.40. The predicted octanol–water partition coefficient (Wildman–Crippen LogP) is 9.88. The van der Waals surface area contributed by atoms with Gasteiger partial charge in [-0.3, -0.25) is 0 Å². The molecule has 1 aliphatic carbocycles. The fourth-order valence-corrected chi connectivity index (χ4v) is 9.31. The van der Waals surface area contributed by atoms with Gasteiger partial charge in [0, 0.05) is 52.8 Å². The van der Waals surface area contributed by atoms with Crippen molar-refractivity contribution < 1.29 is 35.2 Å². The molecule has 0 saturated carbocycles. The van der Waals surface area contributed by atoms with E-state index in [1.165, 1.54) is 17.7 Å². The molecular formula is C46H39F3N2O5S. The summed E-state index contributed by atoms with van der Waals surface area (Å²) < 4.78 is 82.2. The Labute approximate surface area is 329 Å². The number of methoxy groups -OCH3 is 1. The monoisotopic (exact) mass is 788 g/mol. The van der Waals surface area contributed by atoms with Gasteiger partial charge in [0.25, 0.3) is 0 Å². The average molecular weight is 789 g/mol. The quantitative estimate of drug-likeness (QED) is 0.128. The molecule has 57 heavy (non-hydrogen) atoms. The van der Waals surface area contributed by atoms with E-state index in [1.807, 2.05) is 66.7 Å². The molecular weight excluding hydrogens is 750 g/mol. The molecule has 9 rings (SSSR count). The molecule has 0 amide bonds. The Morgan fingerprint density at radius 3 is 2.23 bits per heavy atom. The van der Waals surface area contributed by atoms with Gasteiger partial charge in [-0.1, -0.05) is 98.8 Å². The molecule has 7 nitrogen and oxygen atoms in total. The fraction of sp³-hybridized carbons (Fsp3) is 0.217. The topological polar surface area (TPSA) is 77.1 Å². The Morgan fingerprint density at radius 1 is 0.825 bits per heavy atom. The molecule has 2 heterocycles. The summed E-state index contributed by atoms with van der Waals surface area (Å²) >= 11 is 0. The number of anilines is 1. The number of nitrogens with one attached hydrogen (secondary N) is 1. The molecule has 1 N–H and O–H groups in total. The van der Waals surface area contributed by atoms with Gasteiger partial charge >= 0.3 is 15.6 Å². The fourth-order valence-electron chi connectivity index (χ4n) is 8.86. The highest BCUT2D eigenvalue weighted by Crippen LogP contribution is 2.58. The van der Waals surface area contributed by atoms with Gasteiger partial charge in [0.15, 0.2) is 5.60 Å². The predicted molar refractivity (Wildman–Crippen MR) is 216 cm³/mol. The zero-order valence-corrected chi connectivity index (χ0v) is 32.2. The number of halogens is 3. The molecule has 2 unspecified atom stereocenters. The Balaban J connectivity index is 1.19. The molecule has 0 bridgehead atoms. The summed E-state index contributed by atoms with van der Waals surface area (Å²) in [5.41, 5.74) is 1.29. The van der Waals surface area contributed by atoms with E-state index in [2.05, 4.69) is 76.8 Å². The molecule has 2 aliphatic heterocycles. The second-order valence-electron chi connectivity index (χ2n) is 15.1. The van der Waals surface area contributed by atoms with Crippen LogP contribution in [0, 0.1) is 0 Å². The second kappa shape index (κ2) is 13.4. The Kier molecular flexibility index (Phi) is 8.67. The maximum atomic E-state index is 13.5. The number of alkyl halides is 3. The SMILES string of the molecule is COc1ccc(C2CNCCN2c2ccc(C3(c4ccccc4)C=Cc4c5c(c6cc(OS(=O)(=O)C(F)(F)F)ccc6c4O3)-c3ccccc3C5(C)C)cc2)cc1. The van der Waals surface area contributed by atoms with Crippen molar-refractivity contribution in [1.29, 1.82) is 0 Å². The third kappa shape index (κ3) is 5.94. The van der Waals surface area contributed by atoms with Gasteiger partial charge in [0.2, 0.25) is 0 Å². The average Bonchev–Trinajstić information content (AvgIpc) is 3.47. The van der Waals surface area contributed by atoms with Gasteiger partial charge in [-0.15, -0.1) is 0 Å². The summed E-state index contributed by atoms with van der Waals surface area (Å²) in [6.07, 6.45) is 4.18. The Bertz CT molecular complexity index is 2660. The first kappa shape index (κ1) is 36.8. The minimum atomic E-state index is -5.91. The van der Waals surface area contributed by atoms with Gasteiger partial charge in [-0.25, -0.2) is 0 Å². The lowest BCUT2D eigenvalue weighted by Crippen LogP contribution is -2.46. The van der Waals surface area contributed by atoms with E-state index in [-0.39, 0.29) is 6.04 Å². The molecule has 290 valence electrons. The van der Waals surface area contributed by atoms with E-state index in [0.29, 0.717) is 16.5 Å². The first-order valence-electron chi connectivity index (χ1n) is 18.7. The van der Waals surface area contributed by atoms with Gasteiger partial charge in [0.05, 0.1) is 13.2 Å². The van der Waals surface area contributed by atoms with E-state index in [0.717, 1.165) is 70.0 Å². The van der Waals surface area contributed by atoms with E-state index in [9.17, 15) is 21.6 Å². The van der Waals surface area contributed by atoms with Crippen molar-refractivity contribution in [2.45, 2.75) is 36.4 Å². The number of benzene rings is 6. The first-order chi connectivity index (χ1) is 27.3. The maximum absolute atomic E-state index is 13.5. The number of rotatable bonds is 7. The molecule has 6 aromatic carbocycles. The standard InChI is InChI=1S/C46H39F3N2O5S/c1-44(2)39-12-8-7-11-36(39)41-38-27-34(56-57(52,53)46(47,48)49)21-22-35(38)43-37(42(41)44)23-24-45(55-43,30-9-5-4-6-10-30)31-15-17-32(18-16-31)51-26-25-50-28-40(51)29-13-19-33(54-3)20-14-29/h4-24,27,40,50H,25-26,28H2,1-3H3. The van der Waals surface area contributed by atoms with E-state index in [4.69, 9.17) is 9.47 Å². The van der Waals surface area contributed by atoms with E-state index >= 15 is 0 Å². The number of hydrogen-bond donors (Lipinski definition) is 1. The summed E-state index contributed by atoms with van der Waals surface area (Å²) in [5, 5.41) is 4.67. The van der Waals surface area contributed by atoms with Crippen LogP contribution >= 0.6 is 0 Å². The van der Waals surface area contributed by atoms with Crippen LogP contribution in [0.2, 0.25) is 0 Å². The molecule has 3 aliphatic rings. The molecule has 0 radical (unpaired) electrons. The lowest BCUT2D eigenvalue weighted by atomic mass is 9.77. The van der Waals surface area contributed by atoms with Crippen molar-refractivity contribution in [1.82, 2.24) is 5.32 Å². The molecule has 6 aromatic rings. The van der Waals surface area contributed by atoms with Crippen LogP contribution in [-0.4, -0.2) is 40.7 Å². The van der Waals surface area contributed by atoms with Crippen molar-refractivity contribution in [3.8, 4) is 28.4 Å². The summed E-state index contributed by atoms with van der Waals surface area (Å²) in [6.45, 7) is 6.67. The van der Waals surface area contributed by atoms with E-state index in [1.54, 1.807) is 13.2 Å². The molecule has 0 spiro atoms. The zero-order chi connectivity index (χ0) is 39.7. The molecule has 1 fully saturated rings. The van der Waals surface area contributed by atoms with Crippen LogP contribution in [0.25, 0.3) is 28.0 Å². The van der Waals surface area contributed by atoms with Crippen LogP contribution in [0.1, 0.15) is 53.3 Å². The summed E-state index contributed by atoms with van der Waals surface area (Å²) in [5.74, 6) is 0.897. The number of fused-ring (bicyclic) bond motifs is 8. The number of piperazine rings is 1. The van der Waals surface area contributed by atoms with Gasteiger partial charge in [-0.05, 0) is 81.7 Å².